The van der Waals surface area contributed by atoms with Gasteiger partial charge >= 0.3 is 0 Å². The molecule has 2 N–H and O–H groups in total. The summed E-state index contributed by atoms with van der Waals surface area (Å²) in [5.41, 5.74) is 3.52. The number of aromatic nitrogens is 4. The van der Waals surface area contributed by atoms with Crippen LogP contribution in [-0.2, 0) is 4.79 Å². The minimum atomic E-state index is -0.393. The number of rotatable bonds is 3. The lowest BCUT2D eigenvalue weighted by molar-refractivity contribution is -0.118. The lowest BCUT2D eigenvalue weighted by Gasteiger charge is -2.13. The Balaban J connectivity index is 1.60. The third kappa shape index (κ3) is 2.34. The van der Waals surface area contributed by atoms with Crippen molar-refractivity contribution in [1.29, 1.82) is 0 Å². The van der Waals surface area contributed by atoms with Gasteiger partial charge in [0.1, 0.15) is 6.04 Å². The summed E-state index contributed by atoms with van der Waals surface area (Å²) in [6.45, 7) is 1.84. The van der Waals surface area contributed by atoms with E-state index in [0.29, 0.717) is 5.95 Å². The maximum Gasteiger partial charge on any atom is 0.249 e. The molecule has 0 saturated heterocycles. The van der Waals surface area contributed by atoms with Crippen molar-refractivity contribution in [2.24, 2.45) is 0 Å². The first-order valence-electron chi connectivity index (χ1n) is 7.39. The molecule has 0 saturated carbocycles. The predicted octanol–water partition coefficient (Wildman–Crippen LogP) is 3.11. The van der Waals surface area contributed by atoms with E-state index in [0.717, 1.165) is 22.1 Å². The summed E-state index contributed by atoms with van der Waals surface area (Å²) in [5.74, 6) is 0.305. The molecular formula is C17H15N5O. The molecule has 1 atom stereocenters. The summed E-state index contributed by atoms with van der Waals surface area (Å²) in [5, 5.41) is 2.83. The van der Waals surface area contributed by atoms with Crippen molar-refractivity contribution in [2.45, 2.75) is 13.0 Å². The van der Waals surface area contributed by atoms with Crippen molar-refractivity contribution < 1.29 is 4.79 Å². The molecule has 0 spiro atoms. The van der Waals surface area contributed by atoms with Gasteiger partial charge in [0.2, 0.25) is 11.9 Å². The average Bonchev–Trinajstić information content (AvgIpc) is 3.17. The fourth-order valence-electron chi connectivity index (χ4n) is 2.65. The van der Waals surface area contributed by atoms with E-state index in [2.05, 4.69) is 20.3 Å². The molecule has 2 aromatic heterocycles. The van der Waals surface area contributed by atoms with E-state index < -0.39 is 6.04 Å². The number of H-pyrrole nitrogens is 1. The Labute approximate surface area is 132 Å². The fourth-order valence-corrected chi connectivity index (χ4v) is 2.65. The van der Waals surface area contributed by atoms with Gasteiger partial charge in [0, 0.05) is 0 Å². The minimum absolute atomic E-state index is 0.146. The number of carbonyl (C=O) groups is 1. The van der Waals surface area contributed by atoms with E-state index in [1.165, 1.54) is 0 Å². The van der Waals surface area contributed by atoms with Crippen molar-refractivity contribution in [3.8, 4) is 0 Å². The van der Waals surface area contributed by atoms with Gasteiger partial charge in [-0.3, -0.25) is 10.1 Å². The van der Waals surface area contributed by atoms with Gasteiger partial charge in [0.25, 0.3) is 0 Å². The van der Waals surface area contributed by atoms with Crippen LogP contribution in [0.5, 0.6) is 0 Å². The number of nitrogens with zero attached hydrogens (tertiary/aromatic N) is 3. The number of fused-ring (bicyclic) bond motifs is 2. The number of hydrogen-bond donors (Lipinski definition) is 2. The number of aromatic amines is 1. The molecule has 0 radical (unpaired) electrons. The molecule has 6 heteroatoms. The highest BCUT2D eigenvalue weighted by molar-refractivity contribution is 5.94. The Morgan fingerprint density at radius 3 is 2.70 bits per heavy atom. The topological polar surface area (TPSA) is 75.6 Å². The SMILES string of the molecule is CC(C(=O)Nc1nc2ccccc2[nH]1)n1cnc2ccccc21. The lowest BCUT2D eigenvalue weighted by Crippen LogP contribution is -2.23. The van der Waals surface area contributed by atoms with Gasteiger partial charge in [0.15, 0.2) is 0 Å². The summed E-state index contributed by atoms with van der Waals surface area (Å²) in [6.07, 6.45) is 1.69. The van der Waals surface area contributed by atoms with Crippen LogP contribution in [0.4, 0.5) is 5.95 Å². The number of amides is 1. The number of imidazole rings is 2. The first kappa shape index (κ1) is 13.5. The molecule has 4 rings (SSSR count). The number of hydrogen-bond acceptors (Lipinski definition) is 3. The third-order valence-corrected chi connectivity index (χ3v) is 3.91. The molecule has 0 aliphatic carbocycles. The Kier molecular flexibility index (Phi) is 3.08. The van der Waals surface area contributed by atoms with Gasteiger partial charge in [-0.15, -0.1) is 0 Å². The molecule has 114 valence electrons. The maximum absolute atomic E-state index is 12.5. The van der Waals surface area contributed by atoms with Gasteiger partial charge in [-0.2, -0.15) is 0 Å². The first-order chi connectivity index (χ1) is 11.2. The summed E-state index contributed by atoms with van der Waals surface area (Å²) >= 11 is 0. The molecule has 0 aliphatic rings. The maximum atomic E-state index is 12.5. The van der Waals surface area contributed by atoms with Crippen molar-refractivity contribution >= 4 is 33.9 Å². The highest BCUT2D eigenvalue weighted by Crippen LogP contribution is 2.19. The number of para-hydroxylation sites is 4. The molecule has 1 amide bonds. The summed E-state index contributed by atoms with van der Waals surface area (Å²) in [7, 11) is 0. The number of benzene rings is 2. The van der Waals surface area contributed by atoms with E-state index in [1.54, 1.807) is 6.33 Å². The molecule has 4 aromatic rings. The van der Waals surface area contributed by atoms with Crippen LogP contribution >= 0.6 is 0 Å². The first-order valence-corrected chi connectivity index (χ1v) is 7.39. The van der Waals surface area contributed by atoms with E-state index in [1.807, 2.05) is 60.0 Å². The van der Waals surface area contributed by atoms with Crippen LogP contribution in [0.15, 0.2) is 54.9 Å². The van der Waals surface area contributed by atoms with Gasteiger partial charge < -0.3 is 9.55 Å². The second-order valence-corrected chi connectivity index (χ2v) is 5.41. The van der Waals surface area contributed by atoms with Gasteiger partial charge in [-0.05, 0) is 31.2 Å². The monoisotopic (exact) mass is 305 g/mol. The molecule has 0 aliphatic heterocycles. The van der Waals surface area contributed by atoms with Crippen LogP contribution in [0.3, 0.4) is 0 Å². The smallest absolute Gasteiger partial charge is 0.249 e. The van der Waals surface area contributed by atoms with Crippen molar-refractivity contribution in [3.05, 3.63) is 54.9 Å². The molecule has 0 bridgehead atoms. The second-order valence-electron chi connectivity index (χ2n) is 5.41. The highest BCUT2D eigenvalue weighted by Gasteiger charge is 2.18. The van der Waals surface area contributed by atoms with Crippen LogP contribution in [-0.4, -0.2) is 25.4 Å². The molecular weight excluding hydrogens is 290 g/mol. The van der Waals surface area contributed by atoms with Crippen molar-refractivity contribution in [1.82, 2.24) is 19.5 Å². The standard InChI is InChI=1S/C17H15N5O/c1-11(22-10-18-14-8-4-5-9-15(14)22)16(23)21-17-19-12-6-2-3-7-13(12)20-17/h2-11H,1H3,(H2,19,20,21,23). The molecule has 2 heterocycles. The van der Waals surface area contributed by atoms with Gasteiger partial charge in [-0.25, -0.2) is 9.97 Å². The van der Waals surface area contributed by atoms with Crippen LogP contribution < -0.4 is 5.32 Å². The Morgan fingerprint density at radius 2 is 1.87 bits per heavy atom. The fraction of sp³-hybridized carbons (Fsp3) is 0.118. The zero-order valence-corrected chi connectivity index (χ0v) is 12.5. The quantitative estimate of drug-likeness (QED) is 0.610. The molecule has 2 aromatic carbocycles. The third-order valence-electron chi connectivity index (χ3n) is 3.91. The van der Waals surface area contributed by atoms with E-state index in [4.69, 9.17) is 0 Å². The number of anilines is 1. The van der Waals surface area contributed by atoms with Crippen molar-refractivity contribution in [3.63, 3.8) is 0 Å². The average molecular weight is 305 g/mol. The van der Waals surface area contributed by atoms with Crippen LogP contribution in [0.2, 0.25) is 0 Å². The number of nitrogens with one attached hydrogen (secondary N) is 2. The van der Waals surface area contributed by atoms with Gasteiger partial charge in [-0.1, -0.05) is 24.3 Å². The number of carbonyl (C=O) groups excluding carboxylic acids is 1. The van der Waals surface area contributed by atoms with Crippen molar-refractivity contribution in [2.75, 3.05) is 5.32 Å². The normalized spacial score (nSPS) is 12.6. The van der Waals surface area contributed by atoms with Crippen LogP contribution in [0.1, 0.15) is 13.0 Å². The summed E-state index contributed by atoms with van der Waals surface area (Å²) in [4.78, 5) is 24.3. The van der Waals surface area contributed by atoms with E-state index >= 15 is 0 Å². The van der Waals surface area contributed by atoms with Gasteiger partial charge in [0.05, 0.1) is 28.4 Å². The second kappa shape index (κ2) is 5.24. The zero-order valence-electron chi connectivity index (χ0n) is 12.5. The molecule has 23 heavy (non-hydrogen) atoms. The van der Waals surface area contributed by atoms with E-state index in [-0.39, 0.29) is 5.91 Å². The Morgan fingerprint density at radius 1 is 1.13 bits per heavy atom. The zero-order chi connectivity index (χ0) is 15.8. The predicted molar refractivity (Wildman–Crippen MR) is 89.2 cm³/mol. The Bertz CT molecular complexity index is 967. The molecule has 0 fully saturated rings. The lowest BCUT2D eigenvalue weighted by atomic mass is 10.2. The molecule has 6 nitrogen and oxygen atoms in total. The van der Waals surface area contributed by atoms with Crippen LogP contribution in [0.25, 0.3) is 22.1 Å². The molecule has 1 unspecified atom stereocenters. The summed E-state index contributed by atoms with van der Waals surface area (Å²) < 4.78 is 1.85. The minimum Gasteiger partial charge on any atom is -0.324 e. The van der Waals surface area contributed by atoms with E-state index in [9.17, 15) is 4.79 Å². The van der Waals surface area contributed by atoms with Crippen LogP contribution in [0, 0.1) is 0 Å². The summed E-state index contributed by atoms with van der Waals surface area (Å²) in [6, 6.07) is 15.0. The highest BCUT2D eigenvalue weighted by atomic mass is 16.2. The Hall–Kier alpha value is -3.15. The largest absolute Gasteiger partial charge is 0.324 e.